The number of carbonyl (C=O) groups excluding carboxylic acids is 2. The van der Waals surface area contributed by atoms with Crippen molar-refractivity contribution in [2.45, 2.75) is 56.3 Å². The van der Waals surface area contributed by atoms with Crippen molar-refractivity contribution in [1.82, 2.24) is 4.90 Å². The van der Waals surface area contributed by atoms with E-state index in [1.807, 2.05) is 37.4 Å². The first-order chi connectivity index (χ1) is 10.3. The maximum absolute atomic E-state index is 12.4. The molecule has 2 atom stereocenters. The standard InChI is InChI=1S/C15H25NO4S2/c1-10(2)12-9-20-14(19)16(12)13(18)7-11(17)8-15(3)21-5-4-6-22-15/h10-12,17H,4-9H2,1-3H3/t11-,12-/m1/s1. The second kappa shape index (κ2) is 7.45. The highest BCUT2D eigenvalue weighted by Crippen LogP contribution is 2.45. The lowest BCUT2D eigenvalue weighted by Gasteiger charge is -2.34. The monoisotopic (exact) mass is 347 g/mol. The van der Waals surface area contributed by atoms with Crippen molar-refractivity contribution in [2.24, 2.45) is 5.92 Å². The molecule has 1 N–H and O–H groups in total. The minimum Gasteiger partial charge on any atom is -0.447 e. The third-order valence-electron chi connectivity index (χ3n) is 4.06. The van der Waals surface area contributed by atoms with E-state index in [4.69, 9.17) is 4.74 Å². The van der Waals surface area contributed by atoms with Gasteiger partial charge in [-0.3, -0.25) is 4.79 Å². The van der Waals surface area contributed by atoms with Gasteiger partial charge in [-0.2, -0.15) is 0 Å². The molecule has 0 aromatic carbocycles. The summed E-state index contributed by atoms with van der Waals surface area (Å²) < 4.78 is 4.95. The number of aliphatic hydroxyl groups excluding tert-OH is 1. The molecule has 2 fully saturated rings. The van der Waals surface area contributed by atoms with E-state index in [2.05, 4.69) is 6.92 Å². The Bertz CT molecular complexity index is 424. The Hall–Kier alpha value is -0.400. The van der Waals surface area contributed by atoms with E-state index in [1.54, 1.807) is 0 Å². The molecule has 2 aliphatic heterocycles. The van der Waals surface area contributed by atoms with Gasteiger partial charge in [-0.1, -0.05) is 13.8 Å². The lowest BCUT2D eigenvalue weighted by Crippen LogP contribution is -2.43. The SMILES string of the molecule is CC(C)[C@H]1COC(=O)N1C(=O)C[C@@H](O)CC1(C)SCCCS1. The molecule has 0 aliphatic carbocycles. The van der Waals surface area contributed by atoms with Crippen LogP contribution in [0.15, 0.2) is 0 Å². The number of nitrogens with zero attached hydrogens (tertiary/aromatic N) is 1. The molecule has 5 nitrogen and oxygen atoms in total. The van der Waals surface area contributed by atoms with Crippen molar-refractivity contribution >= 4 is 35.5 Å². The Morgan fingerprint density at radius 1 is 1.45 bits per heavy atom. The van der Waals surface area contributed by atoms with Crippen molar-refractivity contribution < 1.29 is 19.4 Å². The van der Waals surface area contributed by atoms with Crippen LogP contribution >= 0.6 is 23.5 Å². The largest absolute Gasteiger partial charge is 0.447 e. The summed E-state index contributed by atoms with van der Waals surface area (Å²) in [5, 5.41) is 10.3. The van der Waals surface area contributed by atoms with Gasteiger partial charge in [-0.25, -0.2) is 9.69 Å². The molecule has 2 aliphatic rings. The molecule has 0 bridgehead atoms. The number of thioether (sulfide) groups is 2. The maximum atomic E-state index is 12.4. The van der Waals surface area contributed by atoms with E-state index < -0.39 is 12.2 Å². The molecule has 22 heavy (non-hydrogen) atoms. The molecule has 2 rings (SSSR count). The van der Waals surface area contributed by atoms with Gasteiger partial charge in [-0.05, 0) is 37.2 Å². The lowest BCUT2D eigenvalue weighted by atomic mass is 10.0. The number of hydrogen-bond donors (Lipinski definition) is 1. The molecular formula is C15H25NO4S2. The molecule has 126 valence electrons. The molecule has 7 heteroatoms. The Labute approximate surface area is 140 Å². The number of amides is 2. The van der Waals surface area contributed by atoms with Crippen molar-refractivity contribution in [3.05, 3.63) is 0 Å². The van der Waals surface area contributed by atoms with Gasteiger partial charge in [-0.15, -0.1) is 23.5 Å². The van der Waals surface area contributed by atoms with E-state index >= 15 is 0 Å². The van der Waals surface area contributed by atoms with Crippen molar-refractivity contribution in [2.75, 3.05) is 18.1 Å². The highest BCUT2D eigenvalue weighted by atomic mass is 32.2. The van der Waals surface area contributed by atoms with Crippen LogP contribution in [0.4, 0.5) is 4.79 Å². The third kappa shape index (κ3) is 4.32. The predicted octanol–water partition coefficient (Wildman–Crippen LogP) is 2.72. The van der Waals surface area contributed by atoms with Crippen molar-refractivity contribution in [3.8, 4) is 0 Å². The maximum Gasteiger partial charge on any atom is 0.416 e. The van der Waals surface area contributed by atoms with E-state index in [0.717, 1.165) is 11.5 Å². The highest BCUT2D eigenvalue weighted by molar-refractivity contribution is 8.18. The fraction of sp³-hybridized carbons (Fsp3) is 0.867. The zero-order valence-corrected chi connectivity index (χ0v) is 15.0. The minimum atomic E-state index is -0.725. The smallest absolute Gasteiger partial charge is 0.416 e. The van der Waals surface area contributed by atoms with Crippen LogP contribution in [0.3, 0.4) is 0 Å². The first-order valence-electron chi connectivity index (χ1n) is 7.77. The van der Waals surface area contributed by atoms with Crippen LogP contribution in [-0.2, 0) is 9.53 Å². The van der Waals surface area contributed by atoms with Crippen LogP contribution in [0, 0.1) is 5.92 Å². The zero-order chi connectivity index (χ0) is 16.3. The van der Waals surface area contributed by atoms with Gasteiger partial charge in [0.2, 0.25) is 5.91 Å². The second-order valence-electron chi connectivity index (χ2n) is 6.40. The summed E-state index contributed by atoms with van der Waals surface area (Å²) in [6, 6.07) is -0.221. The average molecular weight is 348 g/mol. The van der Waals surface area contributed by atoms with Gasteiger partial charge in [0.05, 0.1) is 22.6 Å². The predicted molar refractivity (Wildman–Crippen MR) is 90.0 cm³/mol. The number of aliphatic hydroxyl groups is 1. The zero-order valence-electron chi connectivity index (χ0n) is 13.4. The van der Waals surface area contributed by atoms with Crippen LogP contribution in [0.5, 0.6) is 0 Å². The molecule has 2 amide bonds. The van der Waals surface area contributed by atoms with Crippen molar-refractivity contribution in [3.63, 3.8) is 0 Å². The van der Waals surface area contributed by atoms with Crippen LogP contribution in [0.2, 0.25) is 0 Å². The molecule has 0 saturated carbocycles. The minimum absolute atomic E-state index is 0.0188. The summed E-state index contributed by atoms with van der Waals surface area (Å²) in [6.07, 6.45) is 0.425. The summed E-state index contributed by atoms with van der Waals surface area (Å²) in [4.78, 5) is 25.3. The average Bonchev–Trinajstić information content (AvgIpc) is 2.80. The molecule has 0 unspecified atom stereocenters. The summed E-state index contributed by atoms with van der Waals surface area (Å²) in [5.74, 6) is 2.01. The Morgan fingerprint density at radius 3 is 2.68 bits per heavy atom. The first-order valence-corrected chi connectivity index (χ1v) is 9.74. The van der Waals surface area contributed by atoms with Crippen molar-refractivity contribution in [1.29, 1.82) is 0 Å². The molecule has 0 spiro atoms. The fourth-order valence-electron chi connectivity index (χ4n) is 2.81. The Balaban J connectivity index is 1.91. The number of imide groups is 1. The van der Waals surface area contributed by atoms with Crippen LogP contribution in [-0.4, -0.2) is 56.3 Å². The van der Waals surface area contributed by atoms with Gasteiger partial charge in [0, 0.05) is 0 Å². The Morgan fingerprint density at radius 2 is 2.09 bits per heavy atom. The molecule has 0 aromatic rings. The summed E-state index contributed by atoms with van der Waals surface area (Å²) in [6.45, 7) is 6.29. The van der Waals surface area contributed by atoms with Crippen LogP contribution in [0.1, 0.15) is 40.0 Å². The van der Waals surface area contributed by atoms with E-state index in [1.165, 1.54) is 11.3 Å². The molecule has 0 radical (unpaired) electrons. The number of cyclic esters (lactones) is 1. The molecular weight excluding hydrogens is 322 g/mol. The Kier molecular flexibility index (Phi) is 6.07. The quantitative estimate of drug-likeness (QED) is 0.825. The highest BCUT2D eigenvalue weighted by Gasteiger charge is 2.40. The number of ether oxygens (including phenoxy) is 1. The number of hydrogen-bond acceptors (Lipinski definition) is 6. The number of rotatable bonds is 5. The molecule has 2 saturated heterocycles. The summed E-state index contributed by atoms with van der Waals surface area (Å²) in [7, 11) is 0. The van der Waals surface area contributed by atoms with Gasteiger partial charge in [0.15, 0.2) is 0 Å². The van der Waals surface area contributed by atoms with Crippen LogP contribution in [0.25, 0.3) is 0 Å². The van der Waals surface area contributed by atoms with Gasteiger partial charge in [0.1, 0.15) is 6.61 Å². The van der Waals surface area contributed by atoms with E-state index in [-0.39, 0.29) is 35.0 Å². The lowest BCUT2D eigenvalue weighted by molar-refractivity contribution is -0.131. The fourth-order valence-corrected chi connectivity index (χ4v) is 5.89. The third-order valence-corrected chi connectivity index (χ3v) is 7.31. The van der Waals surface area contributed by atoms with Crippen LogP contribution < -0.4 is 0 Å². The van der Waals surface area contributed by atoms with E-state index in [9.17, 15) is 14.7 Å². The summed E-state index contributed by atoms with van der Waals surface area (Å²) >= 11 is 3.69. The first kappa shape index (κ1) is 17.9. The van der Waals surface area contributed by atoms with E-state index in [0.29, 0.717) is 6.42 Å². The summed E-state index contributed by atoms with van der Waals surface area (Å²) in [5.41, 5.74) is 0. The van der Waals surface area contributed by atoms with Gasteiger partial charge >= 0.3 is 6.09 Å². The molecule has 0 aromatic heterocycles. The number of carbonyl (C=O) groups is 2. The van der Waals surface area contributed by atoms with Gasteiger partial charge < -0.3 is 9.84 Å². The normalized spacial score (nSPS) is 26.1. The van der Waals surface area contributed by atoms with Gasteiger partial charge in [0.25, 0.3) is 0 Å². The topological polar surface area (TPSA) is 66.8 Å². The molecule has 2 heterocycles. The second-order valence-corrected chi connectivity index (χ2v) is 9.85.